The number of hydrogen-bond donors (Lipinski definition) is 1. The van der Waals surface area contributed by atoms with Gasteiger partial charge < -0.3 is 9.73 Å². The summed E-state index contributed by atoms with van der Waals surface area (Å²) in [6.07, 6.45) is -3.27. The minimum Gasteiger partial charge on any atom is -0.461 e. The van der Waals surface area contributed by atoms with E-state index in [-0.39, 0.29) is 22.7 Å². The van der Waals surface area contributed by atoms with Crippen molar-refractivity contribution in [1.29, 1.82) is 5.26 Å². The standard InChI is InChI=1S/C24H16F3N3O3/c1-14-20(22(31)19-6-3-11-33-19)21(16-9-7-15(13-28)8-10-16)29-23(32)30(14)18-5-2-4-17(12-18)24(25,26)27/h2-12,21H,1H3,(H,29,32). The van der Waals surface area contributed by atoms with E-state index in [1.807, 2.05) is 6.07 Å². The Bertz CT molecular complexity index is 1290. The Kier molecular flexibility index (Phi) is 5.52. The minimum absolute atomic E-state index is 0.0168. The highest BCUT2D eigenvalue weighted by Gasteiger charge is 2.38. The van der Waals surface area contributed by atoms with Gasteiger partial charge in [0.05, 0.1) is 35.2 Å². The summed E-state index contributed by atoms with van der Waals surface area (Å²) in [6.45, 7) is 1.49. The van der Waals surface area contributed by atoms with Gasteiger partial charge in [-0.1, -0.05) is 18.2 Å². The fourth-order valence-electron chi connectivity index (χ4n) is 3.71. The van der Waals surface area contributed by atoms with E-state index in [2.05, 4.69) is 5.32 Å². The molecule has 1 aliphatic rings. The van der Waals surface area contributed by atoms with Crippen molar-refractivity contribution in [2.75, 3.05) is 4.90 Å². The molecule has 0 aliphatic carbocycles. The Morgan fingerprint density at radius 2 is 1.85 bits per heavy atom. The molecule has 2 aromatic carbocycles. The molecule has 1 aromatic heterocycles. The average Bonchev–Trinajstić information content (AvgIpc) is 3.33. The molecule has 1 aliphatic heterocycles. The van der Waals surface area contributed by atoms with Crippen molar-refractivity contribution in [1.82, 2.24) is 5.32 Å². The van der Waals surface area contributed by atoms with E-state index in [9.17, 15) is 22.8 Å². The van der Waals surface area contributed by atoms with Gasteiger partial charge in [0.2, 0.25) is 5.78 Å². The second-order valence-corrected chi connectivity index (χ2v) is 7.31. The number of rotatable bonds is 4. The van der Waals surface area contributed by atoms with Crippen molar-refractivity contribution >= 4 is 17.5 Å². The van der Waals surface area contributed by atoms with Crippen LogP contribution in [0.15, 0.2) is 82.6 Å². The molecule has 166 valence electrons. The molecule has 2 amide bonds. The lowest BCUT2D eigenvalue weighted by Crippen LogP contribution is -2.48. The first-order chi connectivity index (χ1) is 15.7. The van der Waals surface area contributed by atoms with Gasteiger partial charge in [0.25, 0.3) is 0 Å². The van der Waals surface area contributed by atoms with Gasteiger partial charge in [0, 0.05) is 11.3 Å². The van der Waals surface area contributed by atoms with E-state index in [0.717, 1.165) is 17.0 Å². The monoisotopic (exact) mass is 451 g/mol. The second-order valence-electron chi connectivity index (χ2n) is 7.31. The van der Waals surface area contributed by atoms with Crippen LogP contribution in [0.1, 0.15) is 40.2 Å². The number of carbonyl (C=O) groups is 2. The summed E-state index contributed by atoms with van der Waals surface area (Å²) in [5, 5.41) is 11.7. The molecule has 0 radical (unpaired) electrons. The fourth-order valence-corrected chi connectivity index (χ4v) is 3.71. The SMILES string of the molecule is CC1=C(C(=O)c2ccco2)C(c2ccc(C#N)cc2)NC(=O)N1c1cccc(C(F)(F)F)c1. The molecule has 33 heavy (non-hydrogen) atoms. The van der Waals surface area contributed by atoms with Crippen molar-refractivity contribution in [3.63, 3.8) is 0 Å². The van der Waals surface area contributed by atoms with Crippen molar-refractivity contribution < 1.29 is 27.2 Å². The molecule has 4 rings (SSSR count). The van der Waals surface area contributed by atoms with Gasteiger partial charge in [-0.3, -0.25) is 9.69 Å². The van der Waals surface area contributed by atoms with Gasteiger partial charge in [0.1, 0.15) is 0 Å². The number of alkyl halides is 3. The lowest BCUT2D eigenvalue weighted by atomic mass is 9.90. The third-order valence-electron chi connectivity index (χ3n) is 5.28. The van der Waals surface area contributed by atoms with E-state index in [1.54, 1.807) is 24.3 Å². The van der Waals surface area contributed by atoms with Crippen molar-refractivity contribution in [3.8, 4) is 6.07 Å². The molecular formula is C24H16F3N3O3. The number of hydrogen-bond acceptors (Lipinski definition) is 4. The highest BCUT2D eigenvalue weighted by atomic mass is 19.4. The summed E-state index contributed by atoms with van der Waals surface area (Å²) in [6, 6.07) is 14.0. The number of benzene rings is 2. The third kappa shape index (κ3) is 4.11. The average molecular weight is 451 g/mol. The van der Waals surface area contributed by atoms with Crippen molar-refractivity contribution in [3.05, 3.63) is 101 Å². The largest absolute Gasteiger partial charge is 0.461 e. The fraction of sp³-hybridized carbons (Fsp3) is 0.125. The number of allylic oxidation sites excluding steroid dienone is 1. The van der Waals surface area contributed by atoms with Crippen LogP contribution in [0.25, 0.3) is 0 Å². The van der Waals surface area contributed by atoms with Crippen LogP contribution in [-0.4, -0.2) is 11.8 Å². The molecule has 1 atom stereocenters. The minimum atomic E-state index is -4.60. The van der Waals surface area contributed by atoms with Gasteiger partial charge in [-0.15, -0.1) is 0 Å². The highest BCUT2D eigenvalue weighted by molar-refractivity contribution is 6.12. The lowest BCUT2D eigenvalue weighted by Gasteiger charge is -2.35. The van der Waals surface area contributed by atoms with Crippen LogP contribution in [0.2, 0.25) is 0 Å². The first kappa shape index (κ1) is 21.9. The molecule has 1 N–H and O–H groups in total. The molecule has 1 unspecified atom stereocenters. The van der Waals surface area contributed by atoms with E-state index >= 15 is 0 Å². The second kappa shape index (κ2) is 8.31. The molecule has 3 aromatic rings. The number of anilines is 1. The molecule has 0 saturated carbocycles. The number of urea groups is 1. The maximum absolute atomic E-state index is 13.3. The summed E-state index contributed by atoms with van der Waals surface area (Å²) < 4.78 is 45.0. The highest BCUT2D eigenvalue weighted by Crippen LogP contribution is 2.37. The van der Waals surface area contributed by atoms with E-state index in [0.29, 0.717) is 11.1 Å². The van der Waals surface area contributed by atoms with Gasteiger partial charge in [-0.05, 0) is 55.0 Å². The van der Waals surface area contributed by atoms with Gasteiger partial charge >= 0.3 is 12.2 Å². The smallest absolute Gasteiger partial charge is 0.416 e. The van der Waals surface area contributed by atoms with Crippen molar-refractivity contribution in [2.24, 2.45) is 0 Å². The normalized spacial score (nSPS) is 16.4. The van der Waals surface area contributed by atoms with Crippen molar-refractivity contribution in [2.45, 2.75) is 19.1 Å². The van der Waals surface area contributed by atoms with Crippen LogP contribution in [0.5, 0.6) is 0 Å². The van der Waals surface area contributed by atoms with Gasteiger partial charge in [0.15, 0.2) is 5.76 Å². The van der Waals surface area contributed by atoms with E-state index in [4.69, 9.17) is 9.68 Å². The number of furan rings is 1. The summed E-state index contributed by atoms with van der Waals surface area (Å²) in [7, 11) is 0. The zero-order chi connectivity index (χ0) is 23.8. The number of nitrogens with zero attached hydrogens (tertiary/aromatic N) is 2. The first-order valence-electron chi connectivity index (χ1n) is 9.77. The number of nitrogens with one attached hydrogen (secondary N) is 1. The predicted molar refractivity (Wildman–Crippen MR) is 112 cm³/mol. The van der Waals surface area contributed by atoms with Crippen LogP contribution in [-0.2, 0) is 6.18 Å². The van der Waals surface area contributed by atoms with Crippen LogP contribution >= 0.6 is 0 Å². The molecule has 0 spiro atoms. The molecule has 9 heteroatoms. The zero-order valence-electron chi connectivity index (χ0n) is 17.2. The summed E-state index contributed by atoms with van der Waals surface area (Å²) in [5.74, 6) is -0.507. The molecule has 0 saturated heterocycles. The Labute approximate surface area is 186 Å². The molecule has 2 heterocycles. The van der Waals surface area contributed by atoms with Crippen LogP contribution < -0.4 is 10.2 Å². The Morgan fingerprint density at radius 3 is 2.45 bits per heavy atom. The molecule has 0 fully saturated rings. The number of ketones is 1. The maximum Gasteiger partial charge on any atom is 0.416 e. The summed E-state index contributed by atoms with van der Waals surface area (Å²) in [5.41, 5.74) is 0.253. The van der Waals surface area contributed by atoms with Crippen LogP contribution in [0, 0.1) is 11.3 Å². The third-order valence-corrected chi connectivity index (χ3v) is 5.28. The number of carbonyl (C=O) groups excluding carboxylic acids is 2. The van der Waals surface area contributed by atoms with E-state index < -0.39 is 29.6 Å². The number of nitriles is 1. The number of halogens is 3. The van der Waals surface area contributed by atoms with Gasteiger partial charge in [-0.2, -0.15) is 18.4 Å². The Morgan fingerprint density at radius 1 is 1.12 bits per heavy atom. The first-order valence-corrected chi connectivity index (χ1v) is 9.77. The summed E-state index contributed by atoms with van der Waals surface area (Å²) >= 11 is 0. The number of amides is 2. The maximum atomic E-state index is 13.3. The van der Waals surface area contributed by atoms with Crippen LogP contribution in [0.3, 0.4) is 0 Å². The predicted octanol–water partition coefficient (Wildman–Crippen LogP) is 5.60. The molecule has 6 nitrogen and oxygen atoms in total. The number of Topliss-reactive ketones (excluding diaryl/α,β-unsaturated/α-hetero) is 1. The zero-order valence-corrected chi connectivity index (χ0v) is 17.2. The van der Waals surface area contributed by atoms with E-state index in [1.165, 1.54) is 37.5 Å². The lowest BCUT2D eigenvalue weighted by molar-refractivity contribution is -0.137. The Balaban J connectivity index is 1.87. The van der Waals surface area contributed by atoms with Gasteiger partial charge in [-0.25, -0.2) is 4.79 Å². The van der Waals surface area contributed by atoms with Crippen LogP contribution in [0.4, 0.5) is 23.7 Å². The summed E-state index contributed by atoms with van der Waals surface area (Å²) in [4.78, 5) is 27.4. The quantitative estimate of drug-likeness (QED) is 0.524. The molecular weight excluding hydrogens is 435 g/mol. The Hall–Kier alpha value is -4.32. The molecule has 0 bridgehead atoms. The topological polar surface area (TPSA) is 86.3 Å².